The van der Waals surface area contributed by atoms with E-state index in [0.717, 1.165) is 15.2 Å². The van der Waals surface area contributed by atoms with Crippen molar-refractivity contribution in [1.29, 1.82) is 0 Å². The molecule has 3 aromatic rings. The van der Waals surface area contributed by atoms with Gasteiger partial charge in [-0.2, -0.15) is 0 Å². The van der Waals surface area contributed by atoms with E-state index in [2.05, 4.69) is 9.72 Å². The second kappa shape index (κ2) is 7.53. The Morgan fingerprint density at radius 2 is 2.12 bits per heavy atom. The summed E-state index contributed by atoms with van der Waals surface area (Å²) in [6.07, 6.45) is 2.95. The first-order chi connectivity index (χ1) is 12.5. The molecular weight excluding hydrogens is 352 g/mol. The first-order valence-electron chi connectivity index (χ1n) is 7.94. The minimum absolute atomic E-state index is 0.182. The zero-order chi connectivity index (χ0) is 18.7. The molecule has 0 N–H and O–H groups in total. The molecule has 0 saturated heterocycles. The van der Waals surface area contributed by atoms with Gasteiger partial charge in [-0.15, -0.1) is 11.3 Å². The van der Waals surface area contributed by atoms with E-state index in [-0.39, 0.29) is 5.91 Å². The van der Waals surface area contributed by atoms with Crippen molar-refractivity contribution in [3.8, 4) is 0 Å². The van der Waals surface area contributed by atoms with Gasteiger partial charge in [0.25, 0.3) is 0 Å². The standard InChI is InChI=1S/C19H18N2O4S/c1-12-14(19(23)24-3)10-13(25-12)8-9-18(22)21(2)11-17-20-15-6-4-5-7-16(15)26-17/h4-10H,11H2,1-3H3. The molecule has 1 amide bonds. The number of hydrogen-bond acceptors (Lipinski definition) is 6. The average Bonchev–Trinajstić information content (AvgIpc) is 3.21. The Hall–Kier alpha value is -2.93. The van der Waals surface area contributed by atoms with Gasteiger partial charge in [0, 0.05) is 13.1 Å². The molecule has 2 heterocycles. The Morgan fingerprint density at radius 3 is 2.85 bits per heavy atom. The normalized spacial score (nSPS) is 11.2. The number of ether oxygens (including phenoxy) is 1. The topological polar surface area (TPSA) is 72.6 Å². The second-order valence-electron chi connectivity index (χ2n) is 5.71. The Morgan fingerprint density at radius 1 is 1.35 bits per heavy atom. The van der Waals surface area contributed by atoms with Gasteiger partial charge in [-0.05, 0) is 31.2 Å². The zero-order valence-electron chi connectivity index (χ0n) is 14.7. The van der Waals surface area contributed by atoms with Crippen LogP contribution in [-0.4, -0.2) is 35.9 Å². The predicted octanol–water partition coefficient (Wildman–Crippen LogP) is 3.66. The highest BCUT2D eigenvalue weighted by atomic mass is 32.1. The summed E-state index contributed by atoms with van der Waals surface area (Å²) in [5.74, 6) is 0.222. The monoisotopic (exact) mass is 370 g/mol. The van der Waals surface area contributed by atoms with Crippen LogP contribution < -0.4 is 0 Å². The number of amides is 1. The van der Waals surface area contributed by atoms with Crippen LogP contribution in [-0.2, 0) is 16.1 Å². The molecule has 0 atom stereocenters. The SMILES string of the molecule is COC(=O)c1cc(C=CC(=O)N(C)Cc2nc3ccccc3s2)oc1C. The van der Waals surface area contributed by atoms with Crippen LogP contribution in [0.15, 0.2) is 40.8 Å². The molecule has 0 radical (unpaired) electrons. The number of fused-ring (bicyclic) bond motifs is 1. The number of thiazole rings is 1. The molecule has 0 saturated carbocycles. The number of nitrogens with zero attached hydrogens (tertiary/aromatic N) is 2. The van der Waals surface area contributed by atoms with Crippen molar-refractivity contribution < 1.29 is 18.7 Å². The molecule has 3 rings (SSSR count). The number of aromatic nitrogens is 1. The zero-order valence-corrected chi connectivity index (χ0v) is 15.5. The molecule has 134 valence electrons. The summed E-state index contributed by atoms with van der Waals surface area (Å²) in [7, 11) is 3.02. The highest BCUT2D eigenvalue weighted by Gasteiger charge is 2.15. The molecule has 0 aliphatic rings. The third-order valence-corrected chi connectivity index (χ3v) is 4.84. The molecular formula is C19H18N2O4S. The molecule has 2 aromatic heterocycles. The molecule has 0 unspecified atom stereocenters. The van der Waals surface area contributed by atoms with E-state index in [1.54, 1.807) is 36.3 Å². The molecule has 0 aliphatic heterocycles. The number of aryl methyl sites for hydroxylation is 1. The summed E-state index contributed by atoms with van der Waals surface area (Å²) >= 11 is 1.57. The Balaban J connectivity index is 1.67. The quantitative estimate of drug-likeness (QED) is 0.506. The molecule has 0 fully saturated rings. The highest BCUT2D eigenvalue weighted by molar-refractivity contribution is 7.18. The summed E-state index contributed by atoms with van der Waals surface area (Å²) in [5, 5.41) is 0.872. The van der Waals surface area contributed by atoms with Gasteiger partial charge in [-0.3, -0.25) is 4.79 Å². The van der Waals surface area contributed by atoms with Gasteiger partial charge in [0.05, 0.1) is 23.9 Å². The Bertz CT molecular complexity index is 954. The van der Waals surface area contributed by atoms with Gasteiger partial charge in [-0.25, -0.2) is 9.78 Å². The van der Waals surface area contributed by atoms with Gasteiger partial charge in [0.1, 0.15) is 22.1 Å². The van der Waals surface area contributed by atoms with Crippen LogP contribution >= 0.6 is 11.3 Å². The number of benzene rings is 1. The van der Waals surface area contributed by atoms with Crippen LogP contribution in [0.1, 0.15) is 26.9 Å². The van der Waals surface area contributed by atoms with Gasteiger partial charge < -0.3 is 14.1 Å². The number of esters is 1. The van der Waals surface area contributed by atoms with Gasteiger partial charge >= 0.3 is 5.97 Å². The van der Waals surface area contributed by atoms with Crippen LogP contribution in [0.25, 0.3) is 16.3 Å². The molecule has 6 nitrogen and oxygen atoms in total. The lowest BCUT2D eigenvalue weighted by atomic mass is 10.2. The summed E-state index contributed by atoms with van der Waals surface area (Å²) in [4.78, 5) is 30.0. The van der Waals surface area contributed by atoms with Crippen molar-refractivity contribution in [3.63, 3.8) is 0 Å². The summed E-state index contributed by atoms with van der Waals surface area (Å²) in [6.45, 7) is 2.10. The van der Waals surface area contributed by atoms with Crippen molar-refractivity contribution in [2.24, 2.45) is 0 Å². The summed E-state index contributed by atoms with van der Waals surface area (Å²) in [6, 6.07) is 9.43. The van der Waals surface area contributed by atoms with Crippen molar-refractivity contribution in [2.75, 3.05) is 14.2 Å². The van der Waals surface area contributed by atoms with Gasteiger partial charge in [-0.1, -0.05) is 12.1 Å². The maximum atomic E-state index is 12.3. The first kappa shape index (κ1) is 17.9. The van der Waals surface area contributed by atoms with E-state index >= 15 is 0 Å². The fraction of sp³-hybridized carbons (Fsp3) is 0.211. The number of para-hydroxylation sites is 1. The maximum absolute atomic E-state index is 12.3. The summed E-state index contributed by atoms with van der Waals surface area (Å²) < 4.78 is 11.2. The highest BCUT2D eigenvalue weighted by Crippen LogP contribution is 2.22. The summed E-state index contributed by atoms with van der Waals surface area (Å²) in [5.41, 5.74) is 1.28. The van der Waals surface area contributed by atoms with Crippen LogP contribution in [0.2, 0.25) is 0 Å². The molecule has 7 heteroatoms. The third-order valence-electron chi connectivity index (χ3n) is 3.82. The fourth-order valence-corrected chi connectivity index (χ4v) is 3.47. The van der Waals surface area contributed by atoms with E-state index in [4.69, 9.17) is 4.42 Å². The number of methoxy groups -OCH3 is 1. The van der Waals surface area contributed by atoms with Crippen molar-refractivity contribution in [2.45, 2.75) is 13.5 Å². The molecule has 0 spiro atoms. The predicted molar refractivity (Wildman–Crippen MR) is 99.9 cm³/mol. The largest absolute Gasteiger partial charge is 0.465 e. The van der Waals surface area contributed by atoms with Gasteiger partial charge in [0.15, 0.2) is 0 Å². The van der Waals surface area contributed by atoms with E-state index in [1.807, 2.05) is 24.3 Å². The van der Waals surface area contributed by atoms with Crippen molar-refractivity contribution in [3.05, 3.63) is 58.5 Å². The van der Waals surface area contributed by atoms with E-state index in [1.165, 1.54) is 19.3 Å². The van der Waals surface area contributed by atoms with Crippen molar-refractivity contribution in [1.82, 2.24) is 9.88 Å². The van der Waals surface area contributed by atoms with Crippen LogP contribution in [0.5, 0.6) is 0 Å². The molecule has 0 bridgehead atoms. The minimum atomic E-state index is -0.467. The van der Waals surface area contributed by atoms with Crippen LogP contribution in [0, 0.1) is 6.92 Å². The first-order valence-corrected chi connectivity index (χ1v) is 8.76. The number of carbonyl (C=O) groups is 2. The fourth-order valence-electron chi connectivity index (χ4n) is 2.45. The van der Waals surface area contributed by atoms with E-state index in [0.29, 0.717) is 23.6 Å². The van der Waals surface area contributed by atoms with Crippen LogP contribution in [0.4, 0.5) is 0 Å². The smallest absolute Gasteiger partial charge is 0.341 e. The van der Waals surface area contributed by atoms with Crippen LogP contribution in [0.3, 0.4) is 0 Å². The average molecular weight is 370 g/mol. The number of likely N-dealkylation sites (N-methyl/N-ethyl adjacent to an activating group) is 1. The lowest BCUT2D eigenvalue weighted by Crippen LogP contribution is -2.23. The van der Waals surface area contributed by atoms with E-state index in [9.17, 15) is 9.59 Å². The van der Waals surface area contributed by atoms with E-state index < -0.39 is 5.97 Å². The van der Waals surface area contributed by atoms with Gasteiger partial charge in [0.2, 0.25) is 5.91 Å². The second-order valence-corrected chi connectivity index (χ2v) is 6.83. The number of carbonyl (C=O) groups excluding carboxylic acids is 2. The third kappa shape index (κ3) is 3.83. The Labute approximate surface area is 154 Å². The van der Waals surface area contributed by atoms with Crippen molar-refractivity contribution >= 4 is 39.5 Å². The number of furan rings is 1. The number of rotatable bonds is 5. The molecule has 0 aliphatic carbocycles. The lowest BCUT2D eigenvalue weighted by Gasteiger charge is -2.12. The molecule has 26 heavy (non-hydrogen) atoms. The lowest BCUT2D eigenvalue weighted by molar-refractivity contribution is -0.125. The molecule has 1 aromatic carbocycles. The minimum Gasteiger partial charge on any atom is -0.465 e. The maximum Gasteiger partial charge on any atom is 0.341 e. The Kier molecular flexibility index (Phi) is 5.18. The number of hydrogen-bond donors (Lipinski definition) is 0.